The van der Waals surface area contributed by atoms with Crippen molar-refractivity contribution in [1.82, 2.24) is 0 Å². The Labute approximate surface area is 144 Å². The summed E-state index contributed by atoms with van der Waals surface area (Å²) in [6.45, 7) is 1.64. The van der Waals surface area contributed by atoms with Gasteiger partial charge in [0.1, 0.15) is 0 Å². The molecule has 0 saturated heterocycles. The Morgan fingerprint density at radius 1 is 1.18 bits per heavy atom. The summed E-state index contributed by atoms with van der Waals surface area (Å²) in [6.07, 6.45) is 0.449. The summed E-state index contributed by atoms with van der Waals surface area (Å²) >= 11 is 0. The maximum absolute atomic E-state index is 10.8. The van der Waals surface area contributed by atoms with Crippen LogP contribution in [0.3, 0.4) is 0 Å². The Balaban J connectivity index is 0. The van der Waals surface area contributed by atoms with Crippen molar-refractivity contribution in [2.45, 2.75) is 13.3 Å². The van der Waals surface area contributed by atoms with Gasteiger partial charge in [0.25, 0.3) is 0 Å². The normalized spacial score (nSPS) is 11.6. The summed E-state index contributed by atoms with van der Waals surface area (Å²) in [4.78, 5) is 21.6. The third kappa shape index (κ3) is 5.31. The summed E-state index contributed by atoms with van der Waals surface area (Å²) < 4.78 is 0. The second-order valence-corrected chi connectivity index (χ2v) is 3.82. The first-order valence-electron chi connectivity index (χ1n) is 5.02. The van der Waals surface area contributed by atoms with Gasteiger partial charge in [0.2, 0.25) is 0 Å². The molecule has 0 heterocycles. The molecule has 17 heavy (non-hydrogen) atoms. The molecule has 0 aliphatic rings. The van der Waals surface area contributed by atoms with E-state index in [0.29, 0.717) is 6.42 Å². The van der Waals surface area contributed by atoms with Crippen LogP contribution in [-0.2, 0) is 16.0 Å². The Hall–Kier alpha value is -0.204. The van der Waals surface area contributed by atoms with Crippen LogP contribution in [-0.4, -0.2) is 22.2 Å². The zero-order valence-corrected chi connectivity index (χ0v) is 13.1. The monoisotopic (exact) mass is 262 g/mol. The summed E-state index contributed by atoms with van der Waals surface area (Å²) in [5.41, 5.74) is 0.947. The molecule has 1 unspecified atom stereocenters. The Morgan fingerprint density at radius 2 is 1.65 bits per heavy atom. The van der Waals surface area contributed by atoms with Gasteiger partial charge in [-0.15, -0.1) is 0 Å². The van der Waals surface area contributed by atoms with Crippen LogP contribution in [0.15, 0.2) is 30.3 Å². The number of carboxylic acid groups (broad SMARTS) is 2. The van der Waals surface area contributed by atoms with Gasteiger partial charge in [0, 0.05) is 0 Å². The molecule has 88 valence electrons. The summed E-state index contributed by atoms with van der Waals surface area (Å²) in [5.74, 6) is -4.34. The van der Waals surface area contributed by atoms with Crippen molar-refractivity contribution in [3.05, 3.63) is 35.9 Å². The largest absolute Gasteiger partial charge is 1.00 e. The van der Waals surface area contributed by atoms with Crippen molar-refractivity contribution in [2.24, 2.45) is 11.8 Å². The van der Waals surface area contributed by atoms with E-state index in [9.17, 15) is 9.59 Å². The van der Waals surface area contributed by atoms with Crippen LogP contribution in [0.2, 0.25) is 0 Å². The van der Waals surface area contributed by atoms with Crippen molar-refractivity contribution < 1.29 is 72.6 Å². The zero-order chi connectivity index (χ0) is 12.1. The van der Waals surface area contributed by atoms with E-state index in [1.54, 1.807) is 6.92 Å². The average molecular weight is 262 g/mol. The van der Waals surface area contributed by atoms with E-state index in [4.69, 9.17) is 10.2 Å². The van der Waals surface area contributed by atoms with Gasteiger partial charge in [-0.05, 0) is 17.9 Å². The van der Waals surface area contributed by atoms with Gasteiger partial charge in [0.15, 0.2) is 5.92 Å². The minimum Gasteiger partial charge on any atom is -1.00 e. The standard InChI is InChI=1S/C12H14O4.K.H/c1-8(10(11(13)14)12(15)16)7-9-5-3-2-4-6-9;;/h2-6,8,10H,7H2,1H3,(H,13,14)(H,15,16);;/q;+1;-1. The van der Waals surface area contributed by atoms with Crippen molar-refractivity contribution in [3.8, 4) is 0 Å². The smallest absolute Gasteiger partial charge is 1.00 e. The fourth-order valence-electron chi connectivity index (χ4n) is 1.70. The van der Waals surface area contributed by atoms with Gasteiger partial charge >= 0.3 is 63.3 Å². The molecule has 0 aliphatic heterocycles. The molecule has 0 radical (unpaired) electrons. The number of aliphatic carboxylic acids is 2. The van der Waals surface area contributed by atoms with Gasteiger partial charge < -0.3 is 11.6 Å². The van der Waals surface area contributed by atoms with Crippen molar-refractivity contribution in [3.63, 3.8) is 0 Å². The van der Waals surface area contributed by atoms with Crippen LogP contribution in [0.5, 0.6) is 0 Å². The van der Waals surface area contributed by atoms with Crippen molar-refractivity contribution in [2.75, 3.05) is 0 Å². The number of hydrogen-bond donors (Lipinski definition) is 2. The maximum atomic E-state index is 10.8. The number of benzene rings is 1. The molecule has 0 fully saturated rings. The molecule has 1 aromatic rings. The van der Waals surface area contributed by atoms with Crippen molar-refractivity contribution in [1.29, 1.82) is 0 Å². The summed E-state index contributed by atoms with van der Waals surface area (Å²) in [5, 5.41) is 17.6. The third-order valence-electron chi connectivity index (χ3n) is 2.50. The van der Waals surface area contributed by atoms with E-state index >= 15 is 0 Å². The van der Waals surface area contributed by atoms with Gasteiger partial charge in [-0.25, -0.2) is 0 Å². The van der Waals surface area contributed by atoms with E-state index in [2.05, 4.69) is 0 Å². The van der Waals surface area contributed by atoms with E-state index in [1.165, 1.54) is 0 Å². The van der Waals surface area contributed by atoms with E-state index in [-0.39, 0.29) is 52.8 Å². The third-order valence-corrected chi connectivity index (χ3v) is 2.50. The Bertz CT molecular complexity index is 369. The van der Waals surface area contributed by atoms with E-state index < -0.39 is 23.8 Å². The summed E-state index contributed by atoms with van der Waals surface area (Å²) in [6, 6.07) is 9.27. The molecule has 0 aromatic heterocycles. The predicted molar refractivity (Wildman–Crippen MR) is 59.2 cm³/mol. The van der Waals surface area contributed by atoms with E-state index in [0.717, 1.165) is 5.56 Å². The van der Waals surface area contributed by atoms with Crippen LogP contribution < -0.4 is 51.4 Å². The first-order chi connectivity index (χ1) is 7.52. The molecule has 0 amide bonds. The van der Waals surface area contributed by atoms with Crippen LogP contribution in [0.25, 0.3) is 0 Å². The fraction of sp³-hybridized carbons (Fsp3) is 0.333. The minimum absolute atomic E-state index is 0. The SMILES string of the molecule is CC(Cc1ccccc1)C(C(=O)O)C(=O)O.[H-].[K+]. The van der Waals surface area contributed by atoms with Gasteiger partial charge in [-0.2, -0.15) is 0 Å². The predicted octanol–water partition coefficient (Wildman–Crippen LogP) is -1.23. The Kier molecular flexibility index (Phi) is 7.90. The molecule has 0 saturated carbocycles. The zero-order valence-electron chi connectivity index (χ0n) is 11.0. The first-order valence-corrected chi connectivity index (χ1v) is 5.02. The van der Waals surface area contributed by atoms with Crippen molar-refractivity contribution >= 4 is 11.9 Å². The molecule has 1 aromatic carbocycles. The average Bonchev–Trinajstić information content (AvgIpc) is 2.17. The number of carbonyl (C=O) groups is 2. The second-order valence-electron chi connectivity index (χ2n) is 3.82. The number of hydrogen-bond acceptors (Lipinski definition) is 2. The van der Waals surface area contributed by atoms with E-state index in [1.807, 2.05) is 30.3 Å². The molecular weight excluding hydrogens is 247 g/mol. The van der Waals surface area contributed by atoms with Crippen LogP contribution in [0.4, 0.5) is 0 Å². The van der Waals surface area contributed by atoms with Gasteiger partial charge in [0.05, 0.1) is 0 Å². The first kappa shape index (κ1) is 16.8. The maximum Gasteiger partial charge on any atom is 1.00 e. The fourth-order valence-corrected chi connectivity index (χ4v) is 1.70. The molecule has 5 heteroatoms. The second kappa shape index (κ2) is 8.00. The molecular formula is C12H15KO4. The minimum atomic E-state index is -1.35. The van der Waals surface area contributed by atoms with Gasteiger partial charge in [-0.1, -0.05) is 37.3 Å². The van der Waals surface area contributed by atoms with Crippen LogP contribution >= 0.6 is 0 Å². The molecule has 1 atom stereocenters. The number of carboxylic acids is 2. The Morgan fingerprint density at radius 3 is 2.06 bits per heavy atom. The molecule has 0 aliphatic carbocycles. The molecule has 0 spiro atoms. The topological polar surface area (TPSA) is 74.6 Å². The molecule has 4 nitrogen and oxygen atoms in total. The van der Waals surface area contributed by atoms with Gasteiger partial charge in [-0.3, -0.25) is 9.59 Å². The number of rotatable bonds is 5. The van der Waals surface area contributed by atoms with Crippen LogP contribution in [0.1, 0.15) is 13.9 Å². The molecule has 1 rings (SSSR count). The summed E-state index contributed by atoms with van der Waals surface area (Å²) in [7, 11) is 0. The van der Waals surface area contributed by atoms with Crippen LogP contribution in [0, 0.1) is 11.8 Å². The molecule has 0 bridgehead atoms. The molecule has 2 N–H and O–H groups in total. The quantitative estimate of drug-likeness (QED) is 0.514.